The van der Waals surface area contributed by atoms with Gasteiger partial charge in [-0.05, 0) is 78.3 Å². The van der Waals surface area contributed by atoms with Gasteiger partial charge in [0, 0.05) is 29.6 Å². The lowest BCUT2D eigenvalue weighted by Crippen LogP contribution is -2.51. The number of ether oxygens (including phenoxy) is 1. The minimum atomic E-state index is -1.22. The van der Waals surface area contributed by atoms with E-state index in [1.54, 1.807) is 4.90 Å². The van der Waals surface area contributed by atoms with Crippen LogP contribution in [0.4, 0.5) is 9.59 Å². The molecule has 0 aliphatic carbocycles. The average Bonchev–Trinajstić information content (AvgIpc) is 3.98. The zero-order valence-electron chi connectivity index (χ0n) is 33.3. The molecular formula is C43H50N8O6. The maximum Gasteiger partial charge on any atom is 0.407 e. The number of carbonyl (C=O) groups is 4. The number of benzene rings is 3. The van der Waals surface area contributed by atoms with Gasteiger partial charge >= 0.3 is 12.2 Å². The van der Waals surface area contributed by atoms with Crippen molar-refractivity contribution in [2.45, 2.75) is 78.6 Å². The maximum absolute atomic E-state index is 13.8. The summed E-state index contributed by atoms with van der Waals surface area (Å²) >= 11 is 0. The Morgan fingerprint density at radius 2 is 1.33 bits per heavy atom. The first kappa shape index (κ1) is 39.1. The number of alkyl carbamates (subject to hydrolysis) is 1. The average molecular weight is 775 g/mol. The number of hydrogen-bond donors (Lipinski definition) is 5. The van der Waals surface area contributed by atoms with Crippen LogP contribution in [0, 0.1) is 35.5 Å². The molecule has 2 aromatic heterocycles. The number of aromatic nitrogens is 4. The molecule has 5 aromatic rings. The zero-order chi connectivity index (χ0) is 40.7. The van der Waals surface area contributed by atoms with E-state index in [1.807, 2.05) is 81.1 Å². The molecule has 6 atom stereocenters. The Morgan fingerprint density at radius 1 is 0.772 bits per heavy atom. The van der Waals surface area contributed by atoms with E-state index in [0.717, 1.165) is 56.8 Å². The van der Waals surface area contributed by atoms with E-state index in [0.29, 0.717) is 24.7 Å². The Kier molecular flexibility index (Phi) is 10.9. The summed E-state index contributed by atoms with van der Waals surface area (Å²) < 4.78 is 4.79. The second kappa shape index (κ2) is 15.8. The predicted molar refractivity (Wildman–Crippen MR) is 216 cm³/mol. The zero-order valence-corrected chi connectivity index (χ0v) is 33.3. The van der Waals surface area contributed by atoms with Crippen LogP contribution < -0.4 is 10.6 Å². The molecule has 4 heterocycles. The van der Waals surface area contributed by atoms with Gasteiger partial charge in [-0.1, -0.05) is 65.5 Å². The quantitative estimate of drug-likeness (QED) is 0.111. The highest BCUT2D eigenvalue weighted by molar-refractivity contribution is 6.04. The van der Waals surface area contributed by atoms with E-state index >= 15 is 0 Å². The maximum atomic E-state index is 13.8. The fraction of sp³-hybridized carbons (Fsp3) is 0.442. The minimum absolute atomic E-state index is 0.128. The largest absolute Gasteiger partial charge is 0.465 e. The van der Waals surface area contributed by atoms with Crippen LogP contribution in [-0.4, -0.2) is 91.1 Å². The summed E-state index contributed by atoms with van der Waals surface area (Å²) in [4.78, 5) is 71.2. The highest BCUT2D eigenvalue weighted by Gasteiger charge is 2.41. The Morgan fingerprint density at radius 3 is 1.93 bits per heavy atom. The standard InChI is InChI=1S/C43H50N8O6/c1-22(2)35(48-42(54)55)40(52)50-20-24(5)16-33(50)38-44-30-14-11-27(19-32(30)46-38)9-8-26-10-13-29-28(18-26)12-15-31-37(29)47-39(45-31)34-17-25(6)21-51(34)41(53)36(23(3)4)49-43(56)57-7/h10-15,18-19,22-25,33-36,48H,16-17,20-21H2,1-7H3,(H,44,46)(H,45,47)(H,49,56)(H,54,55)/t24-,25?,33-,34?,35-,36-/m0/s1. The van der Waals surface area contributed by atoms with Crippen LogP contribution >= 0.6 is 0 Å². The molecule has 3 aromatic carbocycles. The number of nitrogens with one attached hydrogen (secondary N) is 4. The van der Waals surface area contributed by atoms with Gasteiger partial charge in [0.2, 0.25) is 11.8 Å². The van der Waals surface area contributed by atoms with E-state index < -0.39 is 24.3 Å². The Balaban J connectivity index is 1.11. The van der Waals surface area contributed by atoms with Gasteiger partial charge in [-0.3, -0.25) is 9.59 Å². The van der Waals surface area contributed by atoms with E-state index in [9.17, 15) is 24.3 Å². The fourth-order valence-electron chi connectivity index (χ4n) is 8.27. The first-order chi connectivity index (χ1) is 27.2. The molecule has 298 valence electrons. The third-order valence-electron chi connectivity index (χ3n) is 11.2. The van der Waals surface area contributed by atoms with Gasteiger partial charge in [-0.15, -0.1) is 0 Å². The lowest BCUT2D eigenvalue weighted by Gasteiger charge is -2.30. The van der Waals surface area contributed by atoms with Crippen LogP contribution in [0.15, 0.2) is 48.5 Å². The van der Waals surface area contributed by atoms with E-state index in [1.165, 1.54) is 7.11 Å². The van der Waals surface area contributed by atoms with E-state index in [2.05, 4.69) is 46.3 Å². The Labute approximate surface area is 331 Å². The monoisotopic (exact) mass is 774 g/mol. The second-order valence-electron chi connectivity index (χ2n) is 16.3. The molecule has 2 aliphatic heterocycles. The van der Waals surface area contributed by atoms with Crippen molar-refractivity contribution >= 4 is 56.8 Å². The first-order valence-electron chi connectivity index (χ1n) is 19.6. The molecule has 5 N–H and O–H groups in total. The van der Waals surface area contributed by atoms with Gasteiger partial charge in [0.1, 0.15) is 23.7 Å². The van der Waals surface area contributed by atoms with Crippen LogP contribution in [-0.2, 0) is 14.3 Å². The number of carbonyl (C=O) groups excluding carboxylic acids is 3. The second-order valence-corrected chi connectivity index (χ2v) is 16.3. The van der Waals surface area contributed by atoms with Crippen molar-refractivity contribution in [2.24, 2.45) is 23.7 Å². The topological polar surface area (TPSA) is 186 Å². The van der Waals surface area contributed by atoms with Crippen molar-refractivity contribution < 1.29 is 29.0 Å². The summed E-state index contributed by atoms with van der Waals surface area (Å²) in [6, 6.07) is 13.8. The van der Waals surface area contributed by atoms with Crippen molar-refractivity contribution in [1.82, 2.24) is 40.4 Å². The van der Waals surface area contributed by atoms with Crippen molar-refractivity contribution in [2.75, 3.05) is 20.2 Å². The van der Waals surface area contributed by atoms with Crippen molar-refractivity contribution in [3.05, 3.63) is 71.3 Å². The molecule has 7 rings (SSSR count). The number of fused-ring (bicyclic) bond motifs is 4. The molecule has 0 saturated carbocycles. The predicted octanol–water partition coefficient (Wildman–Crippen LogP) is 6.48. The van der Waals surface area contributed by atoms with Crippen LogP contribution in [0.5, 0.6) is 0 Å². The van der Waals surface area contributed by atoms with Crippen LogP contribution in [0.25, 0.3) is 32.8 Å². The van der Waals surface area contributed by atoms with Gasteiger partial charge < -0.3 is 40.2 Å². The molecule has 2 unspecified atom stereocenters. The summed E-state index contributed by atoms with van der Waals surface area (Å²) in [6.07, 6.45) is -0.385. The van der Waals surface area contributed by atoms with Crippen molar-refractivity contribution in [3.8, 4) is 11.8 Å². The number of hydrogen-bond acceptors (Lipinski definition) is 7. The molecule has 2 saturated heterocycles. The summed E-state index contributed by atoms with van der Waals surface area (Å²) in [6.45, 7) is 12.8. The van der Waals surface area contributed by atoms with Crippen LogP contribution in [0.3, 0.4) is 0 Å². The molecular weight excluding hydrogens is 725 g/mol. The molecule has 4 amide bonds. The molecule has 0 spiro atoms. The van der Waals surface area contributed by atoms with Gasteiger partial charge in [-0.25, -0.2) is 19.6 Å². The molecule has 2 fully saturated rings. The number of amides is 4. The van der Waals surface area contributed by atoms with Crippen molar-refractivity contribution in [1.29, 1.82) is 0 Å². The number of H-pyrrole nitrogens is 2. The molecule has 0 bridgehead atoms. The number of imidazole rings is 2. The molecule has 57 heavy (non-hydrogen) atoms. The third kappa shape index (κ3) is 7.96. The highest BCUT2D eigenvalue weighted by atomic mass is 16.5. The van der Waals surface area contributed by atoms with Crippen LogP contribution in [0.2, 0.25) is 0 Å². The smallest absolute Gasteiger partial charge is 0.407 e. The summed E-state index contributed by atoms with van der Waals surface area (Å²) in [5.41, 5.74) is 4.90. The van der Waals surface area contributed by atoms with E-state index in [-0.39, 0.29) is 47.6 Å². The minimum Gasteiger partial charge on any atom is -0.465 e. The molecule has 0 radical (unpaired) electrons. The highest BCUT2D eigenvalue weighted by Crippen LogP contribution is 2.38. The number of aromatic amines is 2. The lowest BCUT2D eigenvalue weighted by molar-refractivity contribution is -0.136. The van der Waals surface area contributed by atoms with E-state index in [4.69, 9.17) is 14.7 Å². The third-order valence-corrected chi connectivity index (χ3v) is 11.2. The summed E-state index contributed by atoms with van der Waals surface area (Å²) in [7, 11) is 1.29. The van der Waals surface area contributed by atoms with Crippen LogP contribution in [0.1, 0.15) is 89.2 Å². The number of rotatable bonds is 8. The van der Waals surface area contributed by atoms with Gasteiger partial charge in [0.15, 0.2) is 0 Å². The lowest BCUT2D eigenvalue weighted by atomic mass is 10.0. The normalized spacial score (nSPS) is 20.6. The van der Waals surface area contributed by atoms with Gasteiger partial charge in [-0.2, -0.15) is 0 Å². The molecule has 14 nitrogen and oxygen atoms in total. The number of methoxy groups -OCH3 is 1. The number of carboxylic acid groups (broad SMARTS) is 1. The van der Waals surface area contributed by atoms with Gasteiger partial charge in [0.05, 0.1) is 41.3 Å². The summed E-state index contributed by atoms with van der Waals surface area (Å²) in [5.74, 6) is 7.74. The van der Waals surface area contributed by atoms with Crippen molar-refractivity contribution in [3.63, 3.8) is 0 Å². The Hall–Kier alpha value is -6.10. The fourth-order valence-corrected chi connectivity index (χ4v) is 8.27. The SMILES string of the molecule is COC(=O)N[C@H](C(=O)N1CC(C)CC1c1nc2c(ccc3cc(C#Cc4ccc5nc([C@@H]6C[C@H](C)CN6C(=O)[C@@H](NC(=O)O)C(C)C)[nH]c5c4)ccc32)[nH]1)C(C)C. The van der Waals surface area contributed by atoms with Gasteiger partial charge in [0.25, 0.3) is 0 Å². The number of nitrogens with zero attached hydrogens (tertiary/aromatic N) is 4. The summed E-state index contributed by atoms with van der Waals surface area (Å²) in [5, 5.41) is 16.4. The molecule has 14 heteroatoms. The first-order valence-corrected chi connectivity index (χ1v) is 19.6. The number of likely N-dealkylation sites (tertiary alicyclic amines) is 2. The Bertz CT molecular complexity index is 2420. The molecule has 2 aliphatic rings.